The molecule has 0 radical (unpaired) electrons. The monoisotopic (exact) mass is 274 g/mol. The van der Waals surface area contributed by atoms with Gasteiger partial charge in [0.05, 0.1) is 11.3 Å². The summed E-state index contributed by atoms with van der Waals surface area (Å²) in [4.78, 5) is 12.2. The predicted octanol–water partition coefficient (Wildman–Crippen LogP) is 4.54. The smallest absolute Gasteiger partial charge is 0.176 e. The zero-order valence-corrected chi connectivity index (χ0v) is 11.7. The largest absolute Gasteiger partial charge is 0.464 e. The van der Waals surface area contributed by atoms with E-state index in [0.717, 1.165) is 28.2 Å². The van der Waals surface area contributed by atoms with E-state index in [1.165, 1.54) is 25.7 Å². The lowest BCUT2D eigenvalue weighted by atomic mass is 10.1. The van der Waals surface area contributed by atoms with Crippen molar-refractivity contribution in [3.05, 3.63) is 36.1 Å². The maximum Gasteiger partial charge on any atom is 0.176 e. The zero-order chi connectivity index (χ0) is 13.1. The van der Waals surface area contributed by atoms with Crippen LogP contribution in [0.1, 0.15) is 36.0 Å². The molecule has 1 aliphatic rings. The van der Waals surface area contributed by atoms with Gasteiger partial charge in [0.1, 0.15) is 11.8 Å². The first kappa shape index (κ1) is 12.8. The van der Waals surface area contributed by atoms with Crippen LogP contribution in [0.5, 0.6) is 0 Å². The molecule has 0 unspecified atom stereocenters. The summed E-state index contributed by atoms with van der Waals surface area (Å²) in [5, 5.41) is 0.939. The Balaban J connectivity index is 1.60. The number of hydrogen-bond acceptors (Lipinski definition) is 3. The highest BCUT2D eigenvalue weighted by Gasteiger charge is 2.17. The van der Waals surface area contributed by atoms with Crippen LogP contribution in [0.25, 0.3) is 11.0 Å². The maximum atomic E-state index is 12.2. The number of Topliss-reactive ketones (excluding diaryl/α,β-unsaturated/α-hetero) is 1. The Bertz CT molecular complexity index is 567. The van der Waals surface area contributed by atoms with Crippen LogP contribution in [0.2, 0.25) is 0 Å². The van der Waals surface area contributed by atoms with Crippen LogP contribution in [-0.4, -0.2) is 17.3 Å². The average molecular weight is 274 g/mol. The summed E-state index contributed by atoms with van der Waals surface area (Å²) in [5.74, 6) is 2.72. The highest BCUT2D eigenvalue weighted by atomic mass is 32.2. The summed E-state index contributed by atoms with van der Waals surface area (Å²) in [6, 6.07) is 7.72. The van der Waals surface area contributed by atoms with E-state index in [0.29, 0.717) is 5.75 Å². The summed E-state index contributed by atoms with van der Waals surface area (Å²) in [5.41, 5.74) is 1.53. The highest BCUT2D eigenvalue weighted by Crippen LogP contribution is 2.28. The molecule has 19 heavy (non-hydrogen) atoms. The van der Waals surface area contributed by atoms with Crippen LogP contribution < -0.4 is 0 Å². The molecule has 1 aromatic carbocycles. The molecule has 0 amide bonds. The van der Waals surface area contributed by atoms with E-state index >= 15 is 0 Å². The Morgan fingerprint density at radius 1 is 1.26 bits per heavy atom. The minimum Gasteiger partial charge on any atom is -0.464 e. The molecule has 2 aromatic rings. The van der Waals surface area contributed by atoms with E-state index in [4.69, 9.17) is 4.42 Å². The molecule has 1 aliphatic carbocycles. The summed E-state index contributed by atoms with van der Waals surface area (Å²) >= 11 is 1.77. The number of ketones is 1. The van der Waals surface area contributed by atoms with Crippen LogP contribution >= 0.6 is 11.8 Å². The topological polar surface area (TPSA) is 30.2 Å². The Hall–Kier alpha value is -1.22. The standard InChI is InChI=1S/C16H18O2S/c17-15(11-19-10-12-5-1-2-6-12)14-9-18-16-8-4-3-7-13(14)16/h3-4,7-9,12H,1-2,5-6,10-11H2. The lowest BCUT2D eigenvalue weighted by Gasteiger charge is -2.07. The molecule has 1 saturated carbocycles. The molecule has 1 fully saturated rings. The molecule has 100 valence electrons. The normalized spacial score (nSPS) is 16.2. The van der Waals surface area contributed by atoms with Crippen molar-refractivity contribution in [2.24, 2.45) is 5.92 Å². The molecular weight excluding hydrogens is 256 g/mol. The number of thioether (sulfide) groups is 1. The summed E-state index contributed by atoms with van der Waals surface area (Å²) in [6.07, 6.45) is 7.02. The van der Waals surface area contributed by atoms with Gasteiger partial charge in [0.25, 0.3) is 0 Å². The first-order valence-electron chi connectivity index (χ1n) is 6.92. The molecule has 2 nitrogen and oxygen atoms in total. The van der Waals surface area contributed by atoms with Gasteiger partial charge in [0.2, 0.25) is 0 Å². The fourth-order valence-corrected chi connectivity index (χ4v) is 3.89. The van der Waals surface area contributed by atoms with Gasteiger partial charge < -0.3 is 4.42 Å². The SMILES string of the molecule is O=C(CSCC1CCCC1)c1coc2ccccc12. The quantitative estimate of drug-likeness (QED) is 0.750. The van der Waals surface area contributed by atoms with Crippen molar-refractivity contribution in [1.82, 2.24) is 0 Å². The minimum absolute atomic E-state index is 0.188. The first-order valence-corrected chi connectivity index (χ1v) is 8.07. The molecule has 3 heteroatoms. The number of hydrogen-bond donors (Lipinski definition) is 0. The molecule has 3 rings (SSSR count). The van der Waals surface area contributed by atoms with Crippen LogP contribution in [0, 0.1) is 5.92 Å². The van der Waals surface area contributed by atoms with Crippen molar-refractivity contribution < 1.29 is 9.21 Å². The summed E-state index contributed by atoms with van der Waals surface area (Å²) in [6.45, 7) is 0. The Labute approximate surface area is 117 Å². The molecule has 0 saturated heterocycles. The van der Waals surface area contributed by atoms with Crippen LogP contribution in [-0.2, 0) is 0 Å². The van der Waals surface area contributed by atoms with Gasteiger partial charge in [-0.25, -0.2) is 0 Å². The maximum absolute atomic E-state index is 12.2. The fourth-order valence-electron chi connectivity index (χ4n) is 2.77. The van der Waals surface area contributed by atoms with E-state index in [-0.39, 0.29) is 5.78 Å². The fraction of sp³-hybridized carbons (Fsp3) is 0.438. The van der Waals surface area contributed by atoms with Gasteiger partial charge in [-0.15, -0.1) is 0 Å². The van der Waals surface area contributed by atoms with Gasteiger partial charge in [0, 0.05) is 5.39 Å². The highest BCUT2D eigenvalue weighted by molar-refractivity contribution is 7.99. The molecule has 0 spiro atoms. The third-order valence-corrected chi connectivity index (χ3v) is 5.02. The van der Waals surface area contributed by atoms with Crippen LogP contribution in [0.15, 0.2) is 34.9 Å². The van der Waals surface area contributed by atoms with E-state index in [9.17, 15) is 4.79 Å². The Kier molecular flexibility index (Phi) is 3.92. The van der Waals surface area contributed by atoms with Gasteiger partial charge in [-0.05, 0) is 30.6 Å². The second kappa shape index (κ2) is 5.83. The summed E-state index contributed by atoms with van der Waals surface area (Å²) < 4.78 is 5.42. The van der Waals surface area contributed by atoms with Crippen molar-refractivity contribution in [1.29, 1.82) is 0 Å². The average Bonchev–Trinajstić information content (AvgIpc) is 3.07. The molecule has 1 aromatic heterocycles. The van der Waals surface area contributed by atoms with E-state index in [1.54, 1.807) is 18.0 Å². The summed E-state index contributed by atoms with van der Waals surface area (Å²) in [7, 11) is 0. The van der Waals surface area contributed by atoms with E-state index < -0.39 is 0 Å². The van der Waals surface area contributed by atoms with Crippen LogP contribution in [0.3, 0.4) is 0 Å². The lowest BCUT2D eigenvalue weighted by molar-refractivity contribution is 0.102. The predicted molar refractivity (Wildman–Crippen MR) is 79.8 cm³/mol. The number of benzene rings is 1. The van der Waals surface area contributed by atoms with Gasteiger partial charge in [-0.3, -0.25) is 4.79 Å². The molecular formula is C16H18O2S. The third kappa shape index (κ3) is 2.86. The van der Waals surface area contributed by atoms with Gasteiger partial charge >= 0.3 is 0 Å². The van der Waals surface area contributed by atoms with Crippen molar-refractivity contribution in [3.63, 3.8) is 0 Å². The molecule has 0 bridgehead atoms. The molecule has 0 N–H and O–H groups in total. The second-order valence-corrected chi connectivity index (χ2v) is 6.26. The van der Waals surface area contributed by atoms with E-state index in [1.807, 2.05) is 24.3 Å². The minimum atomic E-state index is 0.188. The van der Waals surface area contributed by atoms with E-state index in [2.05, 4.69) is 0 Å². The number of furan rings is 1. The molecule has 0 atom stereocenters. The van der Waals surface area contributed by atoms with Crippen molar-refractivity contribution in [2.45, 2.75) is 25.7 Å². The Morgan fingerprint density at radius 3 is 2.89 bits per heavy atom. The molecule has 1 heterocycles. The number of fused-ring (bicyclic) bond motifs is 1. The molecule has 0 aliphatic heterocycles. The van der Waals surface area contributed by atoms with Crippen LogP contribution in [0.4, 0.5) is 0 Å². The first-order chi connectivity index (χ1) is 9.34. The van der Waals surface area contributed by atoms with Crippen molar-refractivity contribution in [2.75, 3.05) is 11.5 Å². The lowest BCUT2D eigenvalue weighted by Crippen LogP contribution is -2.05. The van der Waals surface area contributed by atoms with Crippen molar-refractivity contribution >= 4 is 28.5 Å². The van der Waals surface area contributed by atoms with Gasteiger partial charge in [-0.1, -0.05) is 31.0 Å². The Morgan fingerprint density at radius 2 is 2.05 bits per heavy atom. The third-order valence-electron chi connectivity index (χ3n) is 3.84. The number of carbonyl (C=O) groups is 1. The van der Waals surface area contributed by atoms with Gasteiger partial charge in [0.15, 0.2) is 5.78 Å². The zero-order valence-electron chi connectivity index (χ0n) is 10.9. The number of rotatable bonds is 5. The van der Waals surface area contributed by atoms with Crippen molar-refractivity contribution in [3.8, 4) is 0 Å². The number of carbonyl (C=O) groups excluding carboxylic acids is 1. The second-order valence-electron chi connectivity index (χ2n) is 5.23. The van der Waals surface area contributed by atoms with Gasteiger partial charge in [-0.2, -0.15) is 11.8 Å². The number of para-hydroxylation sites is 1.